The Hall–Kier alpha value is -3.94. The summed E-state index contributed by atoms with van der Waals surface area (Å²) in [7, 11) is 2.59. The molecule has 28 heavy (non-hydrogen) atoms. The molecule has 142 valence electrons. The highest BCUT2D eigenvalue weighted by atomic mass is 16.5. The molecule has 0 fully saturated rings. The van der Waals surface area contributed by atoms with E-state index in [1.807, 2.05) is 0 Å². The third-order valence-corrected chi connectivity index (χ3v) is 3.91. The van der Waals surface area contributed by atoms with E-state index in [4.69, 9.17) is 9.47 Å². The Kier molecular flexibility index (Phi) is 5.50. The van der Waals surface area contributed by atoms with E-state index >= 15 is 0 Å². The van der Waals surface area contributed by atoms with E-state index in [0.29, 0.717) is 5.69 Å². The molecule has 2 aromatic carbocycles. The molecule has 1 heterocycles. The van der Waals surface area contributed by atoms with Crippen LogP contribution in [0.3, 0.4) is 0 Å². The van der Waals surface area contributed by atoms with Crippen LogP contribution in [0.1, 0.15) is 20.8 Å². The highest BCUT2D eigenvalue weighted by Crippen LogP contribution is 2.20. The number of amides is 1. The van der Waals surface area contributed by atoms with Gasteiger partial charge in [0.05, 0.1) is 37.2 Å². The molecule has 0 atom stereocenters. The van der Waals surface area contributed by atoms with E-state index in [2.05, 4.69) is 10.4 Å². The van der Waals surface area contributed by atoms with Crippen molar-refractivity contribution in [2.75, 3.05) is 19.5 Å². The normalized spacial score (nSPS) is 10.2. The van der Waals surface area contributed by atoms with Gasteiger partial charge in [0, 0.05) is 0 Å². The molecule has 0 unspecified atom stereocenters. The molecule has 0 aliphatic carbocycles. The highest BCUT2D eigenvalue weighted by Gasteiger charge is 2.20. The van der Waals surface area contributed by atoms with Gasteiger partial charge in [0.25, 0.3) is 11.5 Å². The quantitative estimate of drug-likeness (QED) is 0.683. The van der Waals surface area contributed by atoms with Gasteiger partial charge in [-0.25, -0.2) is 4.79 Å². The molecule has 0 spiro atoms. The van der Waals surface area contributed by atoms with Crippen LogP contribution in [0.4, 0.5) is 5.69 Å². The average Bonchev–Trinajstić information content (AvgIpc) is 2.73. The number of benzene rings is 2. The number of esters is 1. The first-order valence-corrected chi connectivity index (χ1v) is 8.27. The third kappa shape index (κ3) is 3.75. The lowest BCUT2D eigenvalue weighted by Gasteiger charge is -2.13. The van der Waals surface area contributed by atoms with Gasteiger partial charge < -0.3 is 14.8 Å². The van der Waals surface area contributed by atoms with E-state index in [1.54, 1.807) is 48.5 Å². The van der Waals surface area contributed by atoms with Gasteiger partial charge in [-0.3, -0.25) is 9.59 Å². The number of carbonyl (C=O) groups excluding carboxylic acids is 2. The van der Waals surface area contributed by atoms with Crippen LogP contribution in [0.25, 0.3) is 5.69 Å². The van der Waals surface area contributed by atoms with E-state index < -0.39 is 17.4 Å². The molecule has 1 N–H and O–H groups in total. The molecule has 0 saturated carbocycles. The molecular weight excluding hydrogens is 362 g/mol. The number of hydrogen-bond acceptors (Lipinski definition) is 6. The minimum Gasteiger partial charge on any atom is -0.494 e. The van der Waals surface area contributed by atoms with Crippen LogP contribution in [0.5, 0.6) is 5.75 Å². The Morgan fingerprint density at radius 2 is 1.68 bits per heavy atom. The van der Waals surface area contributed by atoms with E-state index in [0.717, 1.165) is 4.68 Å². The van der Waals surface area contributed by atoms with Crippen molar-refractivity contribution in [2.24, 2.45) is 0 Å². The number of rotatable bonds is 5. The Morgan fingerprint density at radius 3 is 2.36 bits per heavy atom. The molecule has 1 aromatic heterocycles. The smallest absolute Gasteiger partial charge is 0.339 e. The van der Waals surface area contributed by atoms with Gasteiger partial charge in [-0.2, -0.15) is 9.78 Å². The van der Waals surface area contributed by atoms with Gasteiger partial charge in [0.15, 0.2) is 11.4 Å². The molecule has 3 aromatic rings. The number of ether oxygens (including phenoxy) is 2. The first-order chi connectivity index (χ1) is 13.5. The average molecular weight is 379 g/mol. The Labute approximate surface area is 160 Å². The van der Waals surface area contributed by atoms with Crippen molar-refractivity contribution in [3.05, 3.63) is 82.3 Å². The Morgan fingerprint density at radius 1 is 1.00 bits per heavy atom. The SMILES string of the molecule is COC(=O)c1ccccc1NC(=O)c1nn(-c2ccccc2)c(=O)cc1OC. The van der Waals surface area contributed by atoms with Crippen LogP contribution in [0.15, 0.2) is 65.5 Å². The van der Waals surface area contributed by atoms with Crippen LogP contribution in [0.2, 0.25) is 0 Å². The molecule has 1 amide bonds. The lowest BCUT2D eigenvalue weighted by Crippen LogP contribution is -2.26. The predicted octanol–water partition coefficient (Wildman–Crippen LogP) is 2.28. The fourth-order valence-electron chi connectivity index (χ4n) is 2.57. The number of nitrogens with zero attached hydrogens (tertiary/aromatic N) is 2. The number of carbonyl (C=O) groups is 2. The fourth-order valence-corrected chi connectivity index (χ4v) is 2.57. The number of nitrogens with one attached hydrogen (secondary N) is 1. The molecular formula is C20H17N3O5. The van der Waals surface area contributed by atoms with Crippen molar-refractivity contribution in [3.8, 4) is 11.4 Å². The number of anilines is 1. The van der Waals surface area contributed by atoms with Gasteiger partial charge in [-0.05, 0) is 24.3 Å². The topological polar surface area (TPSA) is 99.5 Å². The first kappa shape index (κ1) is 18.8. The molecule has 0 radical (unpaired) electrons. The summed E-state index contributed by atoms with van der Waals surface area (Å²) in [6, 6.07) is 16.3. The third-order valence-electron chi connectivity index (χ3n) is 3.91. The summed E-state index contributed by atoms with van der Waals surface area (Å²) in [5.41, 5.74) is 0.383. The lowest BCUT2D eigenvalue weighted by molar-refractivity contribution is 0.0602. The summed E-state index contributed by atoms with van der Waals surface area (Å²) in [6.45, 7) is 0. The standard InChI is InChI=1S/C20H17N3O5/c1-27-16-12-17(24)23(13-8-4-3-5-9-13)22-18(16)19(25)21-15-11-7-6-10-14(15)20(26)28-2/h3-12H,1-2H3,(H,21,25). The second kappa shape index (κ2) is 8.17. The highest BCUT2D eigenvalue weighted by molar-refractivity contribution is 6.08. The van der Waals surface area contributed by atoms with Gasteiger partial charge >= 0.3 is 5.97 Å². The first-order valence-electron chi connectivity index (χ1n) is 8.27. The van der Waals surface area contributed by atoms with Crippen LogP contribution in [-0.2, 0) is 4.74 Å². The monoisotopic (exact) mass is 379 g/mol. The zero-order valence-corrected chi connectivity index (χ0v) is 15.2. The lowest BCUT2D eigenvalue weighted by atomic mass is 10.1. The summed E-state index contributed by atoms with van der Waals surface area (Å²) in [5, 5.41) is 6.77. The maximum Gasteiger partial charge on any atom is 0.339 e. The Bertz CT molecular complexity index is 1080. The van der Waals surface area contributed by atoms with Crippen LogP contribution >= 0.6 is 0 Å². The van der Waals surface area contributed by atoms with Gasteiger partial charge in [-0.1, -0.05) is 30.3 Å². The van der Waals surface area contributed by atoms with Crippen LogP contribution < -0.4 is 15.6 Å². The summed E-state index contributed by atoms with van der Waals surface area (Å²) in [6.07, 6.45) is 0. The molecule has 8 nitrogen and oxygen atoms in total. The van der Waals surface area contributed by atoms with Crippen molar-refractivity contribution in [1.29, 1.82) is 0 Å². The molecule has 0 bridgehead atoms. The second-order valence-electron chi connectivity index (χ2n) is 5.64. The summed E-state index contributed by atoms with van der Waals surface area (Å²) < 4.78 is 11.0. The van der Waals surface area contributed by atoms with Gasteiger partial charge in [0.1, 0.15) is 0 Å². The van der Waals surface area contributed by atoms with Gasteiger partial charge in [-0.15, -0.1) is 0 Å². The van der Waals surface area contributed by atoms with Crippen molar-refractivity contribution in [3.63, 3.8) is 0 Å². The number of aromatic nitrogens is 2. The van der Waals surface area contributed by atoms with Crippen molar-refractivity contribution >= 4 is 17.6 Å². The Balaban J connectivity index is 2.03. The minimum absolute atomic E-state index is 0.0187. The predicted molar refractivity (Wildman–Crippen MR) is 102 cm³/mol. The molecule has 0 aliphatic rings. The maximum atomic E-state index is 12.8. The van der Waals surface area contributed by atoms with E-state index in [9.17, 15) is 14.4 Å². The van der Waals surface area contributed by atoms with Gasteiger partial charge in [0.2, 0.25) is 0 Å². The second-order valence-corrected chi connectivity index (χ2v) is 5.64. The van der Waals surface area contributed by atoms with Crippen molar-refractivity contribution < 1.29 is 19.1 Å². The van der Waals surface area contributed by atoms with E-state index in [-0.39, 0.29) is 22.7 Å². The zero-order chi connectivity index (χ0) is 20.1. The summed E-state index contributed by atoms with van der Waals surface area (Å²) >= 11 is 0. The number of methoxy groups -OCH3 is 2. The van der Waals surface area contributed by atoms with Crippen molar-refractivity contribution in [1.82, 2.24) is 9.78 Å². The van der Waals surface area contributed by atoms with E-state index in [1.165, 1.54) is 26.4 Å². The number of hydrogen-bond donors (Lipinski definition) is 1. The van der Waals surface area contributed by atoms with Crippen LogP contribution in [-0.4, -0.2) is 35.9 Å². The minimum atomic E-state index is -0.641. The summed E-state index contributed by atoms with van der Waals surface area (Å²) in [4.78, 5) is 37.1. The summed E-state index contributed by atoms with van der Waals surface area (Å²) in [5.74, 6) is -1.21. The fraction of sp³-hybridized carbons (Fsp3) is 0.100. The maximum absolute atomic E-state index is 12.8. The molecule has 3 rings (SSSR count). The molecule has 8 heteroatoms. The number of para-hydroxylation sites is 2. The molecule has 0 saturated heterocycles. The molecule has 0 aliphatic heterocycles. The van der Waals surface area contributed by atoms with Crippen LogP contribution in [0, 0.1) is 0 Å². The largest absolute Gasteiger partial charge is 0.494 e. The zero-order valence-electron chi connectivity index (χ0n) is 15.2. The van der Waals surface area contributed by atoms with Crippen molar-refractivity contribution in [2.45, 2.75) is 0 Å².